The number of pyridine rings is 1. The van der Waals surface area contributed by atoms with Gasteiger partial charge in [0.25, 0.3) is 11.5 Å². The summed E-state index contributed by atoms with van der Waals surface area (Å²) < 4.78 is 6.68. The number of carbonyl (C=O) groups is 3. The Morgan fingerprint density at radius 3 is 2.79 bits per heavy atom. The Hall–Kier alpha value is -3.25. The molecule has 2 aliphatic heterocycles. The number of anilines is 1. The van der Waals surface area contributed by atoms with E-state index in [2.05, 4.69) is 12.2 Å². The molecule has 10 nitrogen and oxygen atoms in total. The number of thioether (sulfide) groups is 1. The van der Waals surface area contributed by atoms with Gasteiger partial charge in [0.2, 0.25) is 5.91 Å². The standard InChI is InChI=1S/C26H31N5O5S2/c1-4-5-6-7-11-30-25(35)19(38-26(30)37)13-17-22(28-20-9-8-16(2)15-31(20)24(17)34)29-12-10-27-23(33)18(29)14-21(32)36-3/h8-9,13,15,18H,4-7,10-12,14H2,1-3H3,(H,27,33)/b19-13-/t18-/m0/s1. The minimum Gasteiger partial charge on any atom is -0.469 e. The van der Waals surface area contributed by atoms with Gasteiger partial charge >= 0.3 is 5.97 Å². The molecule has 2 saturated heterocycles. The van der Waals surface area contributed by atoms with E-state index in [0.717, 1.165) is 43.0 Å². The van der Waals surface area contributed by atoms with Gasteiger partial charge in [0.05, 0.1) is 24.0 Å². The van der Waals surface area contributed by atoms with Crippen LogP contribution < -0.4 is 15.8 Å². The predicted octanol–water partition coefficient (Wildman–Crippen LogP) is 2.65. The smallest absolute Gasteiger partial charge is 0.308 e. The number of esters is 1. The highest BCUT2D eigenvalue weighted by Gasteiger charge is 2.36. The molecule has 12 heteroatoms. The van der Waals surface area contributed by atoms with Crippen LogP contribution in [-0.4, -0.2) is 69.2 Å². The normalized spacial score (nSPS) is 19.0. The van der Waals surface area contributed by atoms with Gasteiger partial charge in [-0.2, -0.15) is 0 Å². The second-order valence-corrected chi connectivity index (χ2v) is 10.9. The molecule has 4 heterocycles. The minimum absolute atomic E-state index is 0.157. The summed E-state index contributed by atoms with van der Waals surface area (Å²) in [7, 11) is 1.26. The molecule has 38 heavy (non-hydrogen) atoms. The van der Waals surface area contributed by atoms with Gasteiger partial charge in [-0.15, -0.1) is 0 Å². The molecule has 2 fully saturated rings. The first-order valence-electron chi connectivity index (χ1n) is 12.6. The summed E-state index contributed by atoms with van der Waals surface area (Å²) in [6.45, 7) is 5.14. The maximum absolute atomic E-state index is 13.8. The van der Waals surface area contributed by atoms with Gasteiger partial charge < -0.3 is 15.0 Å². The lowest BCUT2D eigenvalue weighted by Crippen LogP contribution is -2.57. The second-order valence-electron chi connectivity index (χ2n) is 9.26. The summed E-state index contributed by atoms with van der Waals surface area (Å²) >= 11 is 6.63. The summed E-state index contributed by atoms with van der Waals surface area (Å²) in [4.78, 5) is 60.3. The van der Waals surface area contributed by atoms with Crippen molar-refractivity contribution in [3.63, 3.8) is 0 Å². The van der Waals surface area contributed by atoms with E-state index in [1.54, 1.807) is 22.1 Å². The largest absolute Gasteiger partial charge is 0.469 e. The Balaban J connectivity index is 1.80. The van der Waals surface area contributed by atoms with E-state index in [1.165, 1.54) is 17.6 Å². The molecular weight excluding hydrogens is 526 g/mol. The zero-order valence-electron chi connectivity index (χ0n) is 21.7. The van der Waals surface area contributed by atoms with Crippen LogP contribution in [0.3, 0.4) is 0 Å². The highest BCUT2D eigenvalue weighted by Crippen LogP contribution is 2.34. The van der Waals surface area contributed by atoms with Crippen LogP contribution in [-0.2, 0) is 19.1 Å². The predicted molar refractivity (Wildman–Crippen MR) is 151 cm³/mol. The molecule has 1 atom stereocenters. The van der Waals surface area contributed by atoms with E-state index in [9.17, 15) is 19.2 Å². The van der Waals surface area contributed by atoms with Crippen molar-refractivity contribution in [2.75, 3.05) is 31.6 Å². The average Bonchev–Trinajstić information content (AvgIpc) is 3.16. The number of amides is 2. The first-order chi connectivity index (χ1) is 18.2. The molecule has 0 aromatic carbocycles. The summed E-state index contributed by atoms with van der Waals surface area (Å²) in [5.74, 6) is -0.943. The number of hydrogen-bond acceptors (Lipinski definition) is 9. The van der Waals surface area contributed by atoms with Crippen LogP contribution in [0.4, 0.5) is 5.82 Å². The van der Waals surface area contributed by atoms with Gasteiger partial charge in [-0.25, -0.2) is 4.98 Å². The molecule has 0 saturated carbocycles. The lowest BCUT2D eigenvalue weighted by atomic mass is 10.1. The zero-order chi connectivity index (χ0) is 27.4. The van der Waals surface area contributed by atoms with Crippen LogP contribution in [0, 0.1) is 6.92 Å². The molecule has 0 bridgehead atoms. The first-order valence-corrected chi connectivity index (χ1v) is 13.9. The SMILES string of the molecule is CCCCCCN1C(=O)/C(=C/c2c(N3CCNC(=O)[C@@H]3CC(=O)OC)nc3ccc(C)cn3c2=O)SC1=S. The summed E-state index contributed by atoms with van der Waals surface area (Å²) in [6.07, 6.45) is 7.01. The van der Waals surface area contributed by atoms with E-state index in [1.807, 2.05) is 13.0 Å². The third-order valence-electron chi connectivity index (χ3n) is 6.56. The number of rotatable bonds is 9. The van der Waals surface area contributed by atoms with Crippen LogP contribution >= 0.6 is 24.0 Å². The molecule has 2 aromatic rings. The Bertz CT molecular complexity index is 1370. The molecule has 202 valence electrons. The van der Waals surface area contributed by atoms with Crippen LogP contribution in [0.15, 0.2) is 28.0 Å². The first kappa shape index (κ1) is 27.8. The number of carbonyl (C=O) groups excluding carboxylic acids is 3. The summed E-state index contributed by atoms with van der Waals surface area (Å²) in [5.41, 5.74) is 1.02. The molecule has 0 spiro atoms. The number of piperazine rings is 1. The van der Waals surface area contributed by atoms with Gasteiger partial charge in [0.1, 0.15) is 21.8 Å². The molecule has 1 N–H and O–H groups in total. The van der Waals surface area contributed by atoms with Crippen molar-refractivity contribution in [1.82, 2.24) is 19.6 Å². The van der Waals surface area contributed by atoms with Crippen LogP contribution in [0.2, 0.25) is 0 Å². The fourth-order valence-corrected chi connectivity index (χ4v) is 5.82. The maximum atomic E-state index is 13.8. The molecule has 2 amide bonds. The zero-order valence-corrected chi connectivity index (χ0v) is 23.3. The number of nitrogens with one attached hydrogen (secondary N) is 1. The Morgan fingerprint density at radius 1 is 1.26 bits per heavy atom. The van der Waals surface area contributed by atoms with Crippen molar-refractivity contribution in [2.24, 2.45) is 0 Å². The third kappa shape index (κ3) is 5.75. The highest BCUT2D eigenvalue weighted by atomic mass is 32.2. The maximum Gasteiger partial charge on any atom is 0.308 e. The van der Waals surface area contributed by atoms with Crippen molar-refractivity contribution in [3.8, 4) is 0 Å². The van der Waals surface area contributed by atoms with E-state index < -0.39 is 12.0 Å². The van der Waals surface area contributed by atoms with Crippen molar-refractivity contribution in [3.05, 3.63) is 44.7 Å². The van der Waals surface area contributed by atoms with E-state index >= 15 is 0 Å². The van der Waals surface area contributed by atoms with Crippen LogP contribution in [0.1, 0.15) is 50.2 Å². The van der Waals surface area contributed by atoms with Crippen LogP contribution in [0.25, 0.3) is 11.7 Å². The Morgan fingerprint density at radius 2 is 2.05 bits per heavy atom. The number of thiocarbonyl (C=S) groups is 1. The number of fused-ring (bicyclic) bond motifs is 1. The van der Waals surface area contributed by atoms with Gasteiger partial charge in [-0.3, -0.25) is 28.5 Å². The lowest BCUT2D eigenvalue weighted by Gasteiger charge is -2.36. The van der Waals surface area contributed by atoms with Gasteiger partial charge in [0.15, 0.2) is 0 Å². The van der Waals surface area contributed by atoms with Crippen molar-refractivity contribution >= 4 is 63.6 Å². The molecule has 2 aliphatic rings. The topological polar surface area (TPSA) is 113 Å². The Labute approximate surface area is 230 Å². The van der Waals surface area contributed by atoms with Crippen LogP contribution in [0.5, 0.6) is 0 Å². The molecule has 0 aliphatic carbocycles. The fraction of sp³-hybridized carbons (Fsp3) is 0.462. The molecular formula is C26H31N5O5S2. The van der Waals surface area contributed by atoms with E-state index in [4.69, 9.17) is 21.9 Å². The number of ether oxygens (including phenoxy) is 1. The minimum atomic E-state index is -0.920. The Kier molecular flexibility index (Phi) is 8.83. The van der Waals surface area contributed by atoms with Gasteiger partial charge in [-0.05, 0) is 31.1 Å². The number of methoxy groups -OCH3 is 1. The number of unbranched alkanes of at least 4 members (excludes halogenated alkanes) is 3. The van der Waals surface area contributed by atoms with Crippen molar-refractivity contribution in [1.29, 1.82) is 0 Å². The number of nitrogens with zero attached hydrogens (tertiary/aromatic N) is 4. The third-order valence-corrected chi connectivity index (χ3v) is 7.94. The quantitative estimate of drug-likeness (QED) is 0.215. The fourth-order valence-electron chi connectivity index (χ4n) is 4.53. The molecule has 0 unspecified atom stereocenters. The van der Waals surface area contributed by atoms with Crippen molar-refractivity contribution in [2.45, 2.75) is 52.0 Å². The number of aryl methyl sites for hydroxylation is 1. The van der Waals surface area contributed by atoms with Gasteiger partial charge in [0, 0.05) is 25.8 Å². The monoisotopic (exact) mass is 557 g/mol. The summed E-state index contributed by atoms with van der Waals surface area (Å²) in [5, 5.41) is 2.76. The van der Waals surface area contributed by atoms with E-state index in [-0.39, 0.29) is 35.2 Å². The lowest BCUT2D eigenvalue weighted by molar-refractivity contribution is -0.143. The molecule has 2 aromatic heterocycles. The average molecular weight is 558 g/mol. The van der Waals surface area contributed by atoms with Gasteiger partial charge in [-0.1, -0.05) is 56.2 Å². The molecule has 0 radical (unpaired) electrons. The summed E-state index contributed by atoms with van der Waals surface area (Å²) in [6, 6.07) is 2.64. The number of aromatic nitrogens is 2. The highest BCUT2D eigenvalue weighted by molar-refractivity contribution is 8.26. The van der Waals surface area contributed by atoms with E-state index in [0.29, 0.717) is 34.5 Å². The second kappa shape index (κ2) is 12.1. The molecule has 4 rings (SSSR count). The van der Waals surface area contributed by atoms with Crippen molar-refractivity contribution < 1.29 is 19.1 Å². The number of hydrogen-bond donors (Lipinski definition) is 1.